The van der Waals surface area contributed by atoms with Gasteiger partial charge in [0.15, 0.2) is 0 Å². The van der Waals surface area contributed by atoms with E-state index in [1.807, 2.05) is 44.2 Å². The Hall–Kier alpha value is -1.55. The van der Waals surface area contributed by atoms with Crippen molar-refractivity contribution < 1.29 is 9.53 Å². The van der Waals surface area contributed by atoms with Gasteiger partial charge < -0.3 is 15.4 Å². The van der Waals surface area contributed by atoms with Crippen LogP contribution in [0.1, 0.15) is 13.8 Å². The number of para-hydroxylation sites is 1. The lowest BCUT2D eigenvalue weighted by Gasteiger charge is -2.32. The van der Waals surface area contributed by atoms with Crippen LogP contribution >= 0.6 is 0 Å². The van der Waals surface area contributed by atoms with Crippen molar-refractivity contribution in [2.45, 2.75) is 20.0 Å². The summed E-state index contributed by atoms with van der Waals surface area (Å²) in [4.78, 5) is 11.9. The van der Waals surface area contributed by atoms with Crippen molar-refractivity contribution in [3.05, 3.63) is 30.3 Å². The third-order valence-electron chi connectivity index (χ3n) is 3.58. The van der Waals surface area contributed by atoms with Gasteiger partial charge >= 0.3 is 0 Å². The molecule has 1 aliphatic rings. The van der Waals surface area contributed by atoms with Crippen molar-refractivity contribution in [1.82, 2.24) is 10.6 Å². The van der Waals surface area contributed by atoms with Gasteiger partial charge in [-0.1, -0.05) is 25.1 Å². The predicted octanol–water partition coefficient (Wildman–Crippen LogP) is 1.43. The Bertz CT molecular complexity index is 404. The minimum Gasteiger partial charge on any atom is -0.489 e. The van der Waals surface area contributed by atoms with E-state index in [0.717, 1.165) is 18.8 Å². The van der Waals surface area contributed by atoms with Gasteiger partial charge in [0.2, 0.25) is 5.91 Å². The molecule has 2 atom stereocenters. The van der Waals surface area contributed by atoms with Crippen molar-refractivity contribution in [1.29, 1.82) is 0 Å². The fraction of sp³-hybridized carbons (Fsp3) is 0.533. The Labute approximate surface area is 114 Å². The van der Waals surface area contributed by atoms with Gasteiger partial charge in [0.1, 0.15) is 11.9 Å². The highest BCUT2D eigenvalue weighted by molar-refractivity contribution is 5.78. The first-order valence-corrected chi connectivity index (χ1v) is 6.87. The molecule has 1 heterocycles. The summed E-state index contributed by atoms with van der Waals surface area (Å²) in [6.07, 6.45) is -0.0296. The first kappa shape index (κ1) is 13.9. The molecular weight excluding hydrogens is 240 g/mol. The van der Waals surface area contributed by atoms with Crippen LogP contribution in [0.15, 0.2) is 30.3 Å². The highest BCUT2D eigenvalue weighted by Crippen LogP contribution is 2.16. The van der Waals surface area contributed by atoms with Crippen LogP contribution in [0.25, 0.3) is 0 Å². The molecule has 2 unspecified atom stereocenters. The van der Waals surface area contributed by atoms with E-state index in [4.69, 9.17) is 4.74 Å². The van der Waals surface area contributed by atoms with Crippen LogP contribution in [-0.4, -0.2) is 31.6 Å². The smallest absolute Gasteiger partial charge is 0.223 e. The molecular formula is C15H22N2O2. The molecule has 19 heavy (non-hydrogen) atoms. The topological polar surface area (TPSA) is 50.4 Å². The molecule has 4 nitrogen and oxygen atoms in total. The Morgan fingerprint density at radius 2 is 2.05 bits per heavy atom. The minimum atomic E-state index is -0.0296. The second-order valence-corrected chi connectivity index (χ2v) is 5.19. The third kappa shape index (κ3) is 3.96. The number of nitrogens with one attached hydrogen (secondary N) is 2. The van der Waals surface area contributed by atoms with Gasteiger partial charge in [-0.3, -0.25) is 4.79 Å². The minimum absolute atomic E-state index is 0.0296. The summed E-state index contributed by atoms with van der Waals surface area (Å²) in [6.45, 7) is 6.39. The number of benzene rings is 1. The Morgan fingerprint density at radius 3 is 2.63 bits per heavy atom. The van der Waals surface area contributed by atoms with E-state index in [-0.39, 0.29) is 17.9 Å². The van der Waals surface area contributed by atoms with Gasteiger partial charge in [-0.25, -0.2) is 0 Å². The zero-order valence-electron chi connectivity index (χ0n) is 11.6. The summed E-state index contributed by atoms with van der Waals surface area (Å²) < 4.78 is 5.72. The fourth-order valence-electron chi connectivity index (χ4n) is 2.06. The maximum atomic E-state index is 11.9. The molecule has 1 saturated heterocycles. The molecule has 1 amide bonds. The third-order valence-corrected chi connectivity index (χ3v) is 3.58. The first-order valence-electron chi connectivity index (χ1n) is 6.87. The monoisotopic (exact) mass is 262 g/mol. The quantitative estimate of drug-likeness (QED) is 0.815. The summed E-state index contributed by atoms with van der Waals surface area (Å²) in [6, 6.07) is 9.66. The second-order valence-electron chi connectivity index (χ2n) is 5.19. The number of rotatable bonds is 6. The number of hydrogen-bond acceptors (Lipinski definition) is 3. The maximum Gasteiger partial charge on any atom is 0.223 e. The van der Waals surface area contributed by atoms with Crippen LogP contribution in [-0.2, 0) is 4.79 Å². The van der Waals surface area contributed by atoms with E-state index in [2.05, 4.69) is 10.6 Å². The number of amides is 1. The molecule has 2 rings (SSSR count). The van der Waals surface area contributed by atoms with Gasteiger partial charge in [-0.2, -0.15) is 0 Å². The molecule has 0 saturated carbocycles. The molecule has 0 bridgehead atoms. The molecule has 1 aliphatic heterocycles. The Balaban J connectivity index is 1.71. The summed E-state index contributed by atoms with van der Waals surface area (Å²) >= 11 is 0. The van der Waals surface area contributed by atoms with Gasteiger partial charge in [0.25, 0.3) is 0 Å². The molecule has 0 spiro atoms. The predicted molar refractivity (Wildman–Crippen MR) is 75.1 cm³/mol. The SMILES string of the molecule is CC(CNC(=O)C(C)C1CNC1)Oc1ccccc1. The number of ether oxygens (including phenoxy) is 1. The second kappa shape index (κ2) is 6.57. The van der Waals surface area contributed by atoms with E-state index in [0.29, 0.717) is 12.5 Å². The van der Waals surface area contributed by atoms with Crippen molar-refractivity contribution in [3.8, 4) is 5.75 Å². The lowest BCUT2D eigenvalue weighted by atomic mass is 9.88. The first-order chi connectivity index (χ1) is 9.16. The average molecular weight is 262 g/mol. The molecule has 104 valence electrons. The zero-order chi connectivity index (χ0) is 13.7. The molecule has 0 radical (unpaired) electrons. The highest BCUT2D eigenvalue weighted by atomic mass is 16.5. The summed E-state index contributed by atoms with van der Waals surface area (Å²) in [5.41, 5.74) is 0. The molecule has 1 fully saturated rings. The summed E-state index contributed by atoms with van der Waals surface area (Å²) in [5.74, 6) is 1.51. The highest BCUT2D eigenvalue weighted by Gasteiger charge is 2.28. The normalized spacial score (nSPS) is 18.2. The van der Waals surface area contributed by atoms with Crippen LogP contribution in [0, 0.1) is 11.8 Å². The van der Waals surface area contributed by atoms with Crippen LogP contribution in [0.5, 0.6) is 5.75 Å². The van der Waals surface area contributed by atoms with E-state index < -0.39 is 0 Å². The molecule has 1 aromatic carbocycles. The van der Waals surface area contributed by atoms with Crippen molar-refractivity contribution >= 4 is 5.91 Å². The van der Waals surface area contributed by atoms with E-state index >= 15 is 0 Å². The van der Waals surface area contributed by atoms with Crippen LogP contribution in [0.3, 0.4) is 0 Å². The largest absolute Gasteiger partial charge is 0.489 e. The molecule has 0 aliphatic carbocycles. The molecule has 1 aromatic rings. The number of carbonyl (C=O) groups excluding carboxylic acids is 1. The average Bonchev–Trinajstić information content (AvgIpc) is 2.35. The van der Waals surface area contributed by atoms with Gasteiger partial charge in [-0.05, 0) is 38.1 Å². The van der Waals surface area contributed by atoms with Crippen LogP contribution < -0.4 is 15.4 Å². The summed E-state index contributed by atoms with van der Waals surface area (Å²) in [7, 11) is 0. The van der Waals surface area contributed by atoms with Crippen LogP contribution in [0.4, 0.5) is 0 Å². The van der Waals surface area contributed by atoms with Gasteiger partial charge in [-0.15, -0.1) is 0 Å². The standard InChI is InChI=1S/C15H22N2O2/c1-11(19-14-6-4-3-5-7-14)8-17-15(18)12(2)13-9-16-10-13/h3-7,11-13,16H,8-10H2,1-2H3,(H,17,18). The molecule has 0 aromatic heterocycles. The van der Waals surface area contributed by atoms with Crippen molar-refractivity contribution in [3.63, 3.8) is 0 Å². The lowest BCUT2D eigenvalue weighted by Crippen LogP contribution is -2.50. The fourth-order valence-corrected chi connectivity index (χ4v) is 2.06. The zero-order valence-corrected chi connectivity index (χ0v) is 11.6. The van der Waals surface area contributed by atoms with E-state index in [1.165, 1.54) is 0 Å². The van der Waals surface area contributed by atoms with Gasteiger partial charge in [0.05, 0.1) is 6.54 Å². The van der Waals surface area contributed by atoms with Crippen molar-refractivity contribution in [2.75, 3.05) is 19.6 Å². The Morgan fingerprint density at radius 1 is 1.37 bits per heavy atom. The molecule has 2 N–H and O–H groups in total. The summed E-state index contributed by atoms with van der Waals surface area (Å²) in [5, 5.41) is 6.15. The maximum absolute atomic E-state index is 11.9. The molecule has 4 heteroatoms. The van der Waals surface area contributed by atoms with E-state index in [1.54, 1.807) is 0 Å². The van der Waals surface area contributed by atoms with Crippen molar-refractivity contribution in [2.24, 2.45) is 11.8 Å². The van der Waals surface area contributed by atoms with Gasteiger partial charge in [0, 0.05) is 5.92 Å². The number of hydrogen-bond donors (Lipinski definition) is 2. The van der Waals surface area contributed by atoms with Crippen LogP contribution in [0.2, 0.25) is 0 Å². The number of carbonyl (C=O) groups is 1. The van der Waals surface area contributed by atoms with E-state index in [9.17, 15) is 4.79 Å². The lowest BCUT2D eigenvalue weighted by molar-refractivity contribution is -0.127. The Kier molecular flexibility index (Phi) is 4.80.